The minimum Gasteiger partial charge on any atom is -0.409 e. The van der Waals surface area contributed by atoms with Crippen molar-refractivity contribution in [3.63, 3.8) is 0 Å². The number of H-pyrrole nitrogens is 1. The van der Waals surface area contributed by atoms with E-state index in [1.54, 1.807) is 0 Å². The SMILES string of the molecule is CC(C)(C)c1cc2[nH]ccc2[c-]n1.C[CH-]C.[W+2]. The Labute approximate surface area is 118 Å². The monoisotopic (exact) mass is 400 g/mol. The fraction of sp³-hybridized carbons (Fsp3) is 0.429. The van der Waals surface area contributed by atoms with Crippen LogP contribution in [0.25, 0.3) is 10.9 Å². The largest absolute Gasteiger partial charge is 2.00 e. The van der Waals surface area contributed by atoms with Gasteiger partial charge in [-0.2, -0.15) is 13.8 Å². The van der Waals surface area contributed by atoms with E-state index in [0.717, 1.165) is 16.6 Å². The summed E-state index contributed by atoms with van der Waals surface area (Å²) in [5.41, 5.74) is 2.28. The summed E-state index contributed by atoms with van der Waals surface area (Å²) in [6, 6.07) is 4.07. The number of rotatable bonds is 0. The molecule has 0 spiro atoms. The summed E-state index contributed by atoms with van der Waals surface area (Å²) in [6.45, 7) is 10.5. The summed E-state index contributed by atoms with van der Waals surface area (Å²) >= 11 is 0. The maximum atomic E-state index is 4.31. The van der Waals surface area contributed by atoms with E-state index in [0.29, 0.717) is 0 Å². The first-order chi connectivity index (χ1) is 7.49. The molecule has 92 valence electrons. The second-order valence-electron chi connectivity index (χ2n) is 4.89. The van der Waals surface area contributed by atoms with E-state index in [1.807, 2.05) is 32.5 Å². The van der Waals surface area contributed by atoms with Gasteiger partial charge < -0.3 is 16.4 Å². The van der Waals surface area contributed by atoms with Crippen LogP contribution in [0.5, 0.6) is 0 Å². The summed E-state index contributed by atoms with van der Waals surface area (Å²) in [6.07, 6.45) is 6.94. The van der Waals surface area contributed by atoms with Gasteiger partial charge in [-0.05, 0) is 29.0 Å². The Morgan fingerprint density at radius 1 is 1.29 bits per heavy atom. The predicted molar refractivity (Wildman–Crippen MR) is 69.3 cm³/mol. The van der Waals surface area contributed by atoms with Crippen molar-refractivity contribution in [1.29, 1.82) is 0 Å². The molecule has 2 heterocycles. The van der Waals surface area contributed by atoms with Crippen LogP contribution in [-0.4, -0.2) is 9.97 Å². The van der Waals surface area contributed by atoms with E-state index in [4.69, 9.17) is 0 Å². The Morgan fingerprint density at radius 3 is 2.41 bits per heavy atom. The number of nitrogens with one attached hydrogen (secondary N) is 1. The van der Waals surface area contributed by atoms with E-state index < -0.39 is 0 Å². The number of fused-ring (bicyclic) bond motifs is 1. The number of aromatic amines is 1. The molecule has 0 atom stereocenters. The fourth-order valence-electron chi connectivity index (χ4n) is 1.27. The molecule has 0 unspecified atom stereocenters. The van der Waals surface area contributed by atoms with Crippen molar-refractivity contribution in [3.8, 4) is 0 Å². The van der Waals surface area contributed by atoms with E-state index in [-0.39, 0.29) is 26.5 Å². The third-order valence-electron chi connectivity index (χ3n) is 2.13. The Balaban J connectivity index is 0.000000583. The van der Waals surface area contributed by atoms with Crippen LogP contribution >= 0.6 is 0 Å². The molecule has 2 rings (SSSR count). The van der Waals surface area contributed by atoms with Crippen LogP contribution in [0.3, 0.4) is 0 Å². The molecule has 2 aromatic heterocycles. The van der Waals surface area contributed by atoms with Gasteiger partial charge in [-0.15, -0.1) is 17.5 Å². The van der Waals surface area contributed by atoms with Gasteiger partial charge in [0.1, 0.15) is 0 Å². The van der Waals surface area contributed by atoms with Gasteiger partial charge in [-0.3, -0.25) is 0 Å². The van der Waals surface area contributed by atoms with Crippen molar-refractivity contribution < 1.29 is 21.1 Å². The maximum Gasteiger partial charge on any atom is 2.00 e. The molecule has 1 N–H and O–H groups in total. The van der Waals surface area contributed by atoms with Crippen LogP contribution in [-0.2, 0) is 26.5 Å². The van der Waals surface area contributed by atoms with Crippen molar-refractivity contribution in [2.75, 3.05) is 0 Å². The zero-order chi connectivity index (χ0) is 12.2. The second kappa shape index (κ2) is 6.96. The summed E-state index contributed by atoms with van der Waals surface area (Å²) in [4.78, 5) is 7.47. The van der Waals surface area contributed by atoms with Crippen LogP contribution in [0.4, 0.5) is 0 Å². The van der Waals surface area contributed by atoms with Gasteiger partial charge in [-0.1, -0.05) is 20.8 Å². The van der Waals surface area contributed by atoms with Crippen molar-refractivity contribution in [2.24, 2.45) is 0 Å². The van der Waals surface area contributed by atoms with Crippen molar-refractivity contribution in [1.82, 2.24) is 9.97 Å². The summed E-state index contributed by atoms with van der Waals surface area (Å²) in [5, 5.41) is 1.05. The van der Waals surface area contributed by atoms with Gasteiger partial charge in [0.05, 0.1) is 0 Å². The van der Waals surface area contributed by atoms with Gasteiger partial charge >= 0.3 is 21.1 Å². The summed E-state index contributed by atoms with van der Waals surface area (Å²) < 4.78 is 0. The van der Waals surface area contributed by atoms with E-state index in [1.165, 1.54) is 0 Å². The Morgan fingerprint density at radius 2 is 1.88 bits per heavy atom. The Bertz CT molecular complexity index is 441. The minimum absolute atomic E-state index is 0. The standard InChI is InChI=1S/C11H13N2.C3H7.W/c1-11(2,3)10-6-9-8(7-13-10)4-5-12-9;1-3-2;/h4-6,12H,1-3H3;3H,1-2H3;/q2*-1;+2. The van der Waals surface area contributed by atoms with Crippen LogP contribution in [0, 0.1) is 12.6 Å². The third kappa shape index (κ3) is 4.63. The number of aromatic nitrogens is 2. The molecule has 0 saturated heterocycles. The van der Waals surface area contributed by atoms with Crippen molar-refractivity contribution in [2.45, 2.75) is 40.0 Å². The molecule has 2 aromatic rings. The molecule has 0 amide bonds. The Kier molecular flexibility index (Phi) is 6.70. The van der Waals surface area contributed by atoms with E-state index in [9.17, 15) is 0 Å². The second-order valence-corrected chi connectivity index (χ2v) is 4.89. The average Bonchev–Trinajstić information content (AvgIpc) is 2.63. The first-order valence-corrected chi connectivity index (χ1v) is 5.59. The first kappa shape index (κ1) is 16.4. The van der Waals surface area contributed by atoms with Crippen molar-refractivity contribution in [3.05, 3.63) is 36.6 Å². The first-order valence-electron chi connectivity index (χ1n) is 5.59. The van der Waals surface area contributed by atoms with Gasteiger partial charge in [0.2, 0.25) is 0 Å². The maximum absolute atomic E-state index is 4.31. The zero-order valence-electron chi connectivity index (χ0n) is 11.2. The zero-order valence-corrected chi connectivity index (χ0v) is 14.1. The molecule has 0 aromatic carbocycles. The molecule has 0 radical (unpaired) electrons. The van der Waals surface area contributed by atoms with Crippen LogP contribution in [0.2, 0.25) is 0 Å². The average molecular weight is 400 g/mol. The topological polar surface area (TPSA) is 28.7 Å². The molecule has 0 fully saturated rings. The number of nitrogens with zero attached hydrogens (tertiary/aromatic N) is 1. The molecule has 3 heteroatoms. The molecular formula is C14H20N2W. The smallest absolute Gasteiger partial charge is 0.409 e. The van der Waals surface area contributed by atoms with Crippen molar-refractivity contribution >= 4 is 10.9 Å². The van der Waals surface area contributed by atoms with Gasteiger partial charge in [0.25, 0.3) is 0 Å². The molecule has 0 aliphatic heterocycles. The van der Waals surface area contributed by atoms with Gasteiger partial charge in [0, 0.05) is 0 Å². The molecule has 17 heavy (non-hydrogen) atoms. The molecule has 0 bridgehead atoms. The number of pyridine rings is 1. The number of hydrogen-bond acceptors (Lipinski definition) is 1. The summed E-state index contributed by atoms with van der Waals surface area (Å²) in [5.74, 6) is 0. The Hall–Kier alpha value is -0.622. The van der Waals surface area contributed by atoms with Crippen LogP contribution in [0.1, 0.15) is 40.3 Å². The summed E-state index contributed by atoms with van der Waals surface area (Å²) in [7, 11) is 0. The van der Waals surface area contributed by atoms with E-state index in [2.05, 4.69) is 43.0 Å². The van der Waals surface area contributed by atoms with E-state index >= 15 is 0 Å². The third-order valence-corrected chi connectivity index (χ3v) is 2.13. The van der Waals surface area contributed by atoms with Gasteiger partial charge in [-0.25, -0.2) is 0 Å². The minimum atomic E-state index is 0. The quantitative estimate of drug-likeness (QED) is 0.669. The van der Waals surface area contributed by atoms with Gasteiger partial charge in [0.15, 0.2) is 0 Å². The van der Waals surface area contributed by atoms with Crippen LogP contribution < -0.4 is 0 Å². The molecule has 2 nitrogen and oxygen atoms in total. The molecular weight excluding hydrogens is 380 g/mol. The number of hydrogen-bond donors (Lipinski definition) is 1. The molecule has 0 saturated carbocycles. The fourth-order valence-corrected chi connectivity index (χ4v) is 1.27. The van der Waals surface area contributed by atoms with Crippen LogP contribution in [0.15, 0.2) is 18.3 Å². The normalized spacial score (nSPS) is 10.4. The molecule has 0 aliphatic rings. The predicted octanol–water partition coefficient (Wildman–Crippen LogP) is 3.89. The molecule has 0 aliphatic carbocycles.